The Hall–Kier alpha value is -2.04. The van der Waals surface area contributed by atoms with E-state index >= 15 is 0 Å². The molecule has 1 heterocycles. The molecular weight excluding hydrogens is 324 g/mol. The number of nitrogens with zero attached hydrogens (tertiary/aromatic N) is 1. The van der Waals surface area contributed by atoms with Crippen LogP contribution in [0.15, 0.2) is 54.6 Å². The van der Waals surface area contributed by atoms with E-state index in [1.165, 1.54) is 0 Å². The molecular formula is C19H21ClN2O2. The van der Waals surface area contributed by atoms with E-state index in [0.717, 1.165) is 11.3 Å². The third-order valence-electron chi connectivity index (χ3n) is 4.44. The second-order valence-electron chi connectivity index (χ2n) is 6.18. The number of likely N-dealkylation sites (N-methyl/N-ethyl adjacent to an activating group) is 1. The minimum atomic E-state index is -0.989. The average Bonchev–Trinajstić information content (AvgIpc) is 2.59. The smallest absolute Gasteiger partial charge is 0.256 e. The molecule has 0 spiro atoms. The van der Waals surface area contributed by atoms with Crippen molar-refractivity contribution in [1.82, 2.24) is 4.90 Å². The van der Waals surface area contributed by atoms with Crippen molar-refractivity contribution in [1.29, 1.82) is 0 Å². The number of rotatable bonds is 4. The third-order valence-corrected chi connectivity index (χ3v) is 4.69. The Morgan fingerprint density at radius 3 is 2.50 bits per heavy atom. The lowest BCUT2D eigenvalue weighted by atomic mass is 9.87. The molecule has 0 radical (unpaired) electrons. The molecule has 3 rings (SSSR count). The molecule has 1 amide bonds. The largest absolute Gasteiger partial charge is 0.375 e. The van der Waals surface area contributed by atoms with Gasteiger partial charge in [-0.3, -0.25) is 4.79 Å². The number of halogens is 1. The van der Waals surface area contributed by atoms with Gasteiger partial charge in [-0.25, -0.2) is 0 Å². The number of anilines is 1. The van der Waals surface area contributed by atoms with Crippen molar-refractivity contribution in [3.05, 3.63) is 65.2 Å². The van der Waals surface area contributed by atoms with Crippen LogP contribution in [-0.4, -0.2) is 36.6 Å². The number of ether oxygens (including phenoxy) is 1. The van der Waals surface area contributed by atoms with Crippen molar-refractivity contribution < 1.29 is 9.53 Å². The normalized spacial score (nSPS) is 22.3. The molecule has 126 valence electrons. The lowest BCUT2D eigenvalue weighted by Gasteiger charge is -2.43. The van der Waals surface area contributed by atoms with Crippen LogP contribution in [0, 0.1) is 0 Å². The van der Waals surface area contributed by atoms with E-state index in [2.05, 4.69) is 5.32 Å². The van der Waals surface area contributed by atoms with Gasteiger partial charge in [0.15, 0.2) is 5.60 Å². The first-order valence-corrected chi connectivity index (χ1v) is 8.35. The number of para-hydroxylation sites is 1. The van der Waals surface area contributed by atoms with Gasteiger partial charge in [-0.15, -0.1) is 0 Å². The van der Waals surface area contributed by atoms with Crippen LogP contribution in [0.3, 0.4) is 0 Å². The third kappa shape index (κ3) is 3.25. The summed E-state index contributed by atoms with van der Waals surface area (Å²) in [6.07, 6.45) is 0. The van der Waals surface area contributed by atoms with Crippen molar-refractivity contribution in [3.8, 4) is 0 Å². The van der Waals surface area contributed by atoms with Gasteiger partial charge in [0, 0.05) is 24.3 Å². The Labute approximate surface area is 147 Å². The first kappa shape index (κ1) is 16.8. The molecule has 0 saturated carbocycles. The van der Waals surface area contributed by atoms with Gasteiger partial charge in [0.05, 0.1) is 12.6 Å². The summed E-state index contributed by atoms with van der Waals surface area (Å²) < 4.78 is 5.98. The summed E-state index contributed by atoms with van der Waals surface area (Å²) in [6, 6.07) is 17.0. The Morgan fingerprint density at radius 2 is 1.83 bits per heavy atom. The predicted octanol–water partition coefficient (Wildman–Crippen LogP) is 3.74. The van der Waals surface area contributed by atoms with E-state index in [1.807, 2.05) is 68.6 Å². The van der Waals surface area contributed by atoms with Crippen LogP contribution in [-0.2, 0) is 9.53 Å². The number of carbonyl (C=O) groups is 1. The highest BCUT2D eigenvalue weighted by Crippen LogP contribution is 2.36. The number of hydrogen-bond donors (Lipinski definition) is 1. The summed E-state index contributed by atoms with van der Waals surface area (Å²) in [5.41, 5.74) is 0.897. The van der Waals surface area contributed by atoms with Gasteiger partial charge in [0.25, 0.3) is 5.91 Å². The Morgan fingerprint density at radius 1 is 1.17 bits per heavy atom. The Balaban J connectivity index is 2.00. The van der Waals surface area contributed by atoms with Gasteiger partial charge < -0.3 is 15.0 Å². The summed E-state index contributed by atoms with van der Waals surface area (Å²) in [7, 11) is 1.81. The second kappa shape index (κ2) is 6.83. The fourth-order valence-corrected chi connectivity index (χ4v) is 3.17. The number of benzene rings is 2. The van der Waals surface area contributed by atoms with Gasteiger partial charge in [-0.05, 0) is 36.8 Å². The molecule has 1 fully saturated rings. The molecule has 0 bridgehead atoms. The highest BCUT2D eigenvalue weighted by atomic mass is 35.5. The molecule has 5 heteroatoms. The lowest BCUT2D eigenvalue weighted by Crippen LogP contribution is -2.58. The molecule has 0 aliphatic carbocycles. The van der Waals surface area contributed by atoms with E-state index in [9.17, 15) is 4.79 Å². The van der Waals surface area contributed by atoms with E-state index in [0.29, 0.717) is 18.2 Å². The highest BCUT2D eigenvalue weighted by molar-refractivity contribution is 6.30. The van der Waals surface area contributed by atoms with Crippen LogP contribution in [0.25, 0.3) is 0 Å². The molecule has 2 aromatic rings. The van der Waals surface area contributed by atoms with Crippen LogP contribution < -0.4 is 5.32 Å². The van der Waals surface area contributed by atoms with Crippen molar-refractivity contribution in [2.75, 3.05) is 25.5 Å². The summed E-state index contributed by atoms with van der Waals surface area (Å²) in [5, 5.41) is 4.12. The maximum Gasteiger partial charge on any atom is 0.256 e. The average molecular weight is 345 g/mol. The number of morpholine rings is 1. The molecule has 24 heavy (non-hydrogen) atoms. The van der Waals surface area contributed by atoms with Crippen molar-refractivity contribution in [3.63, 3.8) is 0 Å². The number of amides is 1. The van der Waals surface area contributed by atoms with Gasteiger partial charge >= 0.3 is 0 Å². The monoisotopic (exact) mass is 344 g/mol. The first-order valence-electron chi connectivity index (χ1n) is 7.97. The van der Waals surface area contributed by atoms with Crippen molar-refractivity contribution >= 4 is 23.2 Å². The second-order valence-corrected chi connectivity index (χ2v) is 6.61. The van der Waals surface area contributed by atoms with Gasteiger partial charge in [0.1, 0.15) is 0 Å². The molecule has 1 aliphatic rings. The minimum Gasteiger partial charge on any atom is -0.375 e. The molecule has 2 atom stereocenters. The first-order chi connectivity index (χ1) is 11.5. The topological polar surface area (TPSA) is 41.6 Å². The number of hydrogen-bond acceptors (Lipinski definition) is 3. The van der Waals surface area contributed by atoms with Crippen LogP contribution in [0.1, 0.15) is 18.5 Å². The molecule has 1 saturated heterocycles. The van der Waals surface area contributed by atoms with Crippen LogP contribution in [0.5, 0.6) is 0 Å². The summed E-state index contributed by atoms with van der Waals surface area (Å²) in [6.45, 7) is 2.96. The van der Waals surface area contributed by atoms with Crippen LogP contribution >= 0.6 is 11.6 Å². The van der Waals surface area contributed by atoms with Gasteiger partial charge in [-0.1, -0.05) is 41.9 Å². The fourth-order valence-electron chi connectivity index (χ4n) is 3.04. The maximum atomic E-state index is 12.9. The lowest BCUT2D eigenvalue weighted by molar-refractivity contribution is -0.169. The van der Waals surface area contributed by atoms with Crippen LogP contribution in [0.2, 0.25) is 5.02 Å². The Kier molecular flexibility index (Phi) is 4.78. The molecule has 4 nitrogen and oxygen atoms in total. The summed E-state index contributed by atoms with van der Waals surface area (Å²) in [4.78, 5) is 14.6. The number of nitrogens with one attached hydrogen (secondary N) is 1. The SMILES string of the molecule is CN1CCO[C@](C)([C@@H](Nc2ccccc2)c2ccc(Cl)cc2)C1=O. The zero-order chi connectivity index (χ0) is 17.2. The van der Waals surface area contributed by atoms with Gasteiger partial charge in [-0.2, -0.15) is 0 Å². The number of carbonyl (C=O) groups excluding carboxylic acids is 1. The zero-order valence-electron chi connectivity index (χ0n) is 13.8. The quantitative estimate of drug-likeness (QED) is 0.918. The minimum absolute atomic E-state index is 0.0304. The fraction of sp³-hybridized carbons (Fsp3) is 0.316. The van der Waals surface area contributed by atoms with Crippen molar-refractivity contribution in [2.45, 2.75) is 18.6 Å². The predicted molar refractivity (Wildman–Crippen MR) is 96.3 cm³/mol. The zero-order valence-corrected chi connectivity index (χ0v) is 14.6. The van der Waals surface area contributed by atoms with Gasteiger partial charge in [0.2, 0.25) is 0 Å². The summed E-state index contributed by atoms with van der Waals surface area (Å²) >= 11 is 6.02. The Bertz CT molecular complexity index is 705. The molecule has 0 unspecified atom stereocenters. The molecule has 2 aromatic carbocycles. The highest BCUT2D eigenvalue weighted by Gasteiger charge is 2.47. The van der Waals surface area contributed by atoms with E-state index in [1.54, 1.807) is 4.90 Å². The van der Waals surface area contributed by atoms with Crippen LogP contribution in [0.4, 0.5) is 5.69 Å². The van der Waals surface area contributed by atoms with Crippen molar-refractivity contribution in [2.24, 2.45) is 0 Å². The molecule has 1 N–H and O–H groups in total. The van der Waals surface area contributed by atoms with E-state index < -0.39 is 5.60 Å². The molecule has 1 aliphatic heterocycles. The summed E-state index contributed by atoms with van der Waals surface area (Å²) in [5.74, 6) is -0.0304. The van der Waals surface area contributed by atoms with E-state index in [4.69, 9.17) is 16.3 Å². The van der Waals surface area contributed by atoms with E-state index in [-0.39, 0.29) is 11.9 Å². The standard InChI is InChI=1S/C19H21ClN2O2/c1-19(18(23)22(2)12-13-24-19)17(14-8-10-15(20)11-9-14)21-16-6-4-3-5-7-16/h3-11,17,21H,12-13H2,1-2H3/t17-,19+/m0/s1. The maximum absolute atomic E-state index is 12.9. The molecule has 0 aromatic heterocycles.